The minimum absolute atomic E-state index is 0.331. The fourth-order valence-electron chi connectivity index (χ4n) is 4.88. The van der Waals surface area contributed by atoms with E-state index in [9.17, 15) is 14.0 Å². The van der Waals surface area contributed by atoms with E-state index in [-0.39, 0.29) is 12.2 Å². The Morgan fingerprint density at radius 3 is 2.65 bits per heavy atom. The van der Waals surface area contributed by atoms with Crippen molar-refractivity contribution in [3.05, 3.63) is 24.0 Å². The van der Waals surface area contributed by atoms with Crippen molar-refractivity contribution in [3.63, 3.8) is 0 Å². The summed E-state index contributed by atoms with van der Waals surface area (Å²) in [5, 5.41) is 3.24. The third-order valence-electron chi connectivity index (χ3n) is 6.74. The minimum atomic E-state index is -0.483. The van der Waals surface area contributed by atoms with E-state index in [1.807, 2.05) is 4.90 Å². The van der Waals surface area contributed by atoms with Gasteiger partial charge in [-0.25, -0.2) is 14.0 Å². The molecule has 0 radical (unpaired) electrons. The first-order chi connectivity index (χ1) is 16.4. The van der Waals surface area contributed by atoms with Gasteiger partial charge in [0, 0.05) is 32.6 Å². The highest BCUT2D eigenvalue weighted by Crippen LogP contribution is 2.29. The lowest BCUT2D eigenvalue weighted by atomic mass is 10.0. The lowest BCUT2D eigenvalue weighted by Crippen LogP contribution is -2.49. The van der Waals surface area contributed by atoms with E-state index in [0.717, 1.165) is 11.4 Å². The number of anilines is 2. The van der Waals surface area contributed by atoms with Gasteiger partial charge in [-0.3, -0.25) is 4.90 Å². The molecule has 1 aliphatic carbocycles. The maximum atomic E-state index is 15.0. The molecule has 3 aliphatic rings. The topological polar surface area (TPSA) is 74.3 Å². The lowest BCUT2D eigenvalue weighted by molar-refractivity contribution is 0.105. The maximum absolute atomic E-state index is 15.0. The molecule has 0 aromatic heterocycles. The molecule has 0 bridgehead atoms. The first-order valence-electron chi connectivity index (χ1n) is 12.2. The van der Waals surface area contributed by atoms with E-state index in [1.165, 1.54) is 36.6 Å². The second kappa shape index (κ2) is 11.2. The third kappa shape index (κ3) is 5.89. The summed E-state index contributed by atoms with van der Waals surface area (Å²) in [6.45, 7) is 4.86. The molecule has 1 N–H and O–H groups in total. The number of nitrogens with zero attached hydrogens (tertiary/aromatic N) is 3. The normalized spacial score (nSPS) is 21.1. The van der Waals surface area contributed by atoms with Crippen molar-refractivity contribution >= 4 is 40.8 Å². The van der Waals surface area contributed by atoms with Crippen LogP contribution in [0.3, 0.4) is 0 Å². The molecule has 8 nitrogen and oxygen atoms in total. The standard InChI is InChI=1S/C24H33FN4O4S/c1-2-32-23(30)28-11-9-27(10-12-28)21-8-7-18(14-20(21)25)29-16-19(33-24(29)31)15-26-22(34)13-17-5-3-4-6-17/h7-8,14,17,19H,2-6,9-13,15-16H2,1H3,(H,26,34)/t19-/m0/s1. The Balaban J connectivity index is 1.29. The maximum Gasteiger partial charge on any atom is 0.414 e. The molecule has 2 saturated heterocycles. The summed E-state index contributed by atoms with van der Waals surface area (Å²) in [5.74, 6) is 0.256. The van der Waals surface area contributed by atoms with Gasteiger partial charge < -0.3 is 24.6 Å². The molecule has 2 heterocycles. The van der Waals surface area contributed by atoms with Crippen molar-refractivity contribution in [3.8, 4) is 0 Å². The number of nitrogens with one attached hydrogen (secondary N) is 1. The number of ether oxygens (including phenoxy) is 2. The van der Waals surface area contributed by atoms with Crippen LogP contribution in [-0.4, -0.2) is 74.1 Å². The van der Waals surface area contributed by atoms with E-state index >= 15 is 0 Å². The van der Waals surface area contributed by atoms with Crippen LogP contribution in [0.1, 0.15) is 39.0 Å². The third-order valence-corrected chi connectivity index (χ3v) is 7.05. The van der Waals surface area contributed by atoms with Gasteiger partial charge in [0.2, 0.25) is 0 Å². The zero-order valence-corrected chi connectivity index (χ0v) is 20.4. The number of benzene rings is 1. The minimum Gasteiger partial charge on any atom is -0.450 e. The van der Waals surface area contributed by atoms with Gasteiger partial charge in [0.1, 0.15) is 11.9 Å². The van der Waals surface area contributed by atoms with Crippen LogP contribution in [0.15, 0.2) is 18.2 Å². The molecule has 1 saturated carbocycles. The van der Waals surface area contributed by atoms with Gasteiger partial charge in [0.15, 0.2) is 0 Å². The Hall–Kier alpha value is -2.62. The van der Waals surface area contributed by atoms with Crippen LogP contribution in [0.5, 0.6) is 0 Å². The van der Waals surface area contributed by atoms with Crippen LogP contribution in [0.2, 0.25) is 0 Å². The summed E-state index contributed by atoms with van der Waals surface area (Å²) >= 11 is 5.46. The van der Waals surface area contributed by atoms with Crippen molar-refractivity contribution in [1.82, 2.24) is 10.2 Å². The molecule has 4 rings (SSSR count). The van der Waals surface area contributed by atoms with E-state index in [2.05, 4.69) is 5.32 Å². The molecule has 34 heavy (non-hydrogen) atoms. The molecular formula is C24H33FN4O4S. The Labute approximate surface area is 205 Å². The van der Waals surface area contributed by atoms with Gasteiger partial charge in [0.25, 0.3) is 0 Å². The quantitative estimate of drug-likeness (QED) is 0.578. The first-order valence-corrected chi connectivity index (χ1v) is 12.6. The van der Waals surface area contributed by atoms with Crippen molar-refractivity contribution in [1.29, 1.82) is 0 Å². The summed E-state index contributed by atoms with van der Waals surface area (Å²) in [6.07, 6.45) is 4.75. The molecule has 0 unspecified atom stereocenters. The molecule has 1 aromatic rings. The number of carbonyl (C=O) groups excluding carboxylic acids is 2. The highest BCUT2D eigenvalue weighted by molar-refractivity contribution is 7.80. The van der Waals surface area contributed by atoms with Gasteiger partial charge in [-0.05, 0) is 31.0 Å². The monoisotopic (exact) mass is 492 g/mol. The molecule has 1 aromatic carbocycles. The Bertz CT molecular complexity index is 903. The number of halogens is 1. The summed E-state index contributed by atoms with van der Waals surface area (Å²) in [5.41, 5.74) is 0.919. The molecule has 0 spiro atoms. The van der Waals surface area contributed by atoms with E-state index in [0.29, 0.717) is 63.2 Å². The zero-order valence-electron chi connectivity index (χ0n) is 19.6. The predicted octanol–water partition coefficient (Wildman–Crippen LogP) is 3.93. The Morgan fingerprint density at radius 2 is 1.97 bits per heavy atom. The second-order valence-corrected chi connectivity index (χ2v) is 9.58. The van der Waals surface area contributed by atoms with Gasteiger partial charge >= 0.3 is 12.2 Å². The number of thiocarbonyl (C=S) groups is 1. The van der Waals surface area contributed by atoms with Crippen molar-refractivity contribution in [2.24, 2.45) is 5.92 Å². The number of rotatable bonds is 7. The number of piperazine rings is 1. The molecule has 186 valence electrons. The number of hydrogen-bond acceptors (Lipinski definition) is 6. The molecule has 3 fully saturated rings. The largest absolute Gasteiger partial charge is 0.450 e. The predicted molar refractivity (Wildman–Crippen MR) is 132 cm³/mol. The van der Waals surface area contributed by atoms with Crippen LogP contribution >= 0.6 is 12.2 Å². The molecule has 1 atom stereocenters. The number of amides is 2. The van der Waals surface area contributed by atoms with Crippen LogP contribution in [0, 0.1) is 11.7 Å². The fourth-order valence-corrected chi connectivity index (χ4v) is 5.20. The van der Waals surface area contributed by atoms with Crippen molar-refractivity contribution in [2.45, 2.75) is 45.1 Å². The highest BCUT2D eigenvalue weighted by Gasteiger charge is 2.33. The Kier molecular flexibility index (Phi) is 8.07. The molecule has 10 heteroatoms. The summed E-state index contributed by atoms with van der Waals surface area (Å²) in [4.78, 5) is 30.1. The summed E-state index contributed by atoms with van der Waals surface area (Å²) < 4.78 is 25.5. The second-order valence-electron chi connectivity index (χ2n) is 9.08. The van der Waals surface area contributed by atoms with Gasteiger partial charge in [0.05, 0.1) is 36.1 Å². The van der Waals surface area contributed by atoms with Crippen LogP contribution in [0.25, 0.3) is 0 Å². The number of carbonyl (C=O) groups is 2. The average Bonchev–Trinajstić information content (AvgIpc) is 3.47. The zero-order chi connectivity index (χ0) is 24.1. The van der Waals surface area contributed by atoms with E-state index in [4.69, 9.17) is 21.7 Å². The van der Waals surface area contributed by atoms with Crippen molar-refractivity contribution < 1.29 is 23.5 Å². The fraction of sp³-hybridized carbons (Fsp3) is 0.625. The first kappa shape index (κ1) is 24.5. The van der Waals surface area contributed by atoms with Crippen LogP contribution in [0.4, 0.5) is 25.4 Å². The van der Waals surface area contributed by atoms with Gasteiger partial charge in [-0.2, -0.15) is 0 Å². The number of hydrogen-bond donors (Lipinski definition) is 1. The summed E-state index contributed by atoms with van der Waals surface area (Å²) in [7, 11) is 0. The molecular weight excluding hydrogens is 459 g/mol. The van der Waals surface area contributed by atoms with Crippen LogP contribution in [-0.2, 0) is 9.47 Å². The number of cyclic esters (lactones) is 1. The van der Waals surface area contributed by atoms with Crippen molar-refractivity contribution in [2.75, 3.05) is 55.7 Å². The SMILES string of the molecule is CCOC(=O)N1CCN(c2ccc(N3C[C@H](CNC(=S)CC4CCCC4)OC3=O)cc2F)CC1. The van der Waals surface area contributed by atoms with E-state index in [1.54, 1.807) is 24.0 Å². The van der Waals surface area contributed by atoms with E-state index < -0.39 is 11.9 Å². The van der Waals surface area contributed by atoms with Gasteiger partial charge in [-0.1, -0.05) is 37.9 Å². The summed E-state index contributed by atoms with van der Waals surface area (Å²) in [6, 6.07) is 4.78. The average molecular weight is 493 g/mol. The Morgan fingerprint density at radius 1 is 1.24 bits per heavy atom. The smallest absolute Gasteiger partial charge is 0.414 e. The van der Waals surface area contributed by atoms with Gasteiger partial charge in [-0.15, -0.1) is 0 Å². The highest BCUT2D eigenvalue weighted by atomic mass is 32.1. The molecule has 2 aliphatic heterocycles. The van der Waals surface area contributed by atoms with Crippen LogP contribution < -0.4 is 15.1 Å². The molecule has 2 amide bonds. The lowest BCUT2D eigenvalue weighted by Gasteiger charge is -2.35.